The first-order valence-corrected chi connectivity index (χ1v) is 2.17. The zero-order chi connectivity index (χ0) is 4.99. The normalized spacial score (nSPS) is 8.17. The van der Waals surface area contributed by atoms with E-state index in [4.69, 9.17) is 4.91 Å². The Morgan fingerprint density at radius 3 is 2.00 bits per heavy atom. The summed E-state index contributed by atoms with van der Waals surface area (Å²) in [5, 5.41) is 1.84. The fourth-order valence-electron chi connectivity index (χ4n) is 0.0333. The van der Waals surface area contributed by atoms with Crippen molar-refractivity contribution in [2.24, 2.45) is 5.29 Å². The van der Waals surface area contributed by atoms with Crippen LogP contribution in [0.5, 0.6) is 0 Å². The molecule has 0 aromatic heterocycles. The third kappa shape index (κ3) is 3.35. The molecule has 0 heterocycles. The van der Waals surface area contributed by atoms with Gasteiger partial charge in [-0.05, 0) is 0 Å². The predicted octanol–water partition coefficient (Wildman–Crippen LogP) is -1.22. The van der Waals surface area contributed by atoms with Gasteiger partial charge in [0.25, 0.3) is 0 Å². The Morgan fingerprint density at radius 1 is 1.50 bits per heavy atom. The van der Waals surface area contributed by atoms with Gasteiger partial charge in [0, 0.05) is 0 Å². The van der Waals surface area contributed by atoms with Crippen LogP contribution in [0.1, 0.15) is 0 Å². The van der Waals surface area contributed by atoms with Gasteiger partial charge in [0.05, 0.1) is 5.29 Å². The monoisotopic (exact) mass is 110 g/mol. The lowest BCUT2D eigenvalue weighted by Crippen LogP contribution is -1.97. The summed E-state index contributed by atoms with van der Waals surface area (Å²) in [5.41, 5.74) is 0. The number of rotatable bonds is 2. The number of thiol groups is 1. The summed E-state index contributed by atoms with van der Waals surface area (Å²) in [5.74, 6) is 0. The van der Waals surface area contributed by atoms with Crippen LogP contribution < -0.4 is 4.83 Å². The number of hydrogen-bond acceptors (Lipinski definition) is 4. The second kappa shape index (κ2) is 2.58. The van der Waals surface area contributed by atoms with Crippen molar-refractivity contribution in [3.63, 3.8) is 0 Å². The lowest BCUT2D eigenvalue weighted by Gasteiger charge is -1.68. The molecule has 1 N–H and O–H groups in total. The molecule has 0 bridgehead atoms. The molecule has 0 aliphatic carbocycles. The Labute approximate surface area is 35.4 Å². The fourth-order valence-corrected chi connectivity index (χ4v) is 0.100. The first-order valence-electron chi connectivity index (χ1n) is 0.995. The summed E-state index contributed by atoms with van der Waals surface area (Å²) in [6.45, 7) is 0. The van der Waals surface area contributed by atoms with Gasteiger partial charge in [0.2, 0.25) is 10.9 Å². The minimum Gasteiger partial charge on any atom is -0.208 e. The van der Waals surface area contributed by atoms with Crippen LogP contribution in [0.3, 0.4) is 0 Å². The van der Waals surface area contributed by atoms with Gasteiger partial charge in [-0.3, -0.25) is 0 Å². The van der Waals surface area contributed by atoms with E-state index >= 15 is 0 Å². The highest BCUT2D eigenvalue weighted by Crippen LogP contribution is 1.47. The molecule has 6 heteroatoms. The lowest BCUT2D eigenvalue weighted by atomic mass is 12.9. The average molecular weight is 110 g/mol. The van der Waals surface area contributed by atoms with E-state index in [0.29, 0.717) is 0 Å². The van der Waals surface area contributed by atoms with Gasteiger partial charge in [0.15, 0.2) is 0 Å². The molecule has 0 aliphatic rings. The van der Waals surface area contributed by atoms with Crippen LogP contribution in [0.2, 0.25) is 0 Å². The predicted molar refractivity (Wildman–Crippen MR) is 19.2 cm³/mol. The van der Waals surface area contributed by atoms with Crippen molar-refractivity contribution in [2.45, 2.75) is 0 Å². The second-order valence-electron chi connectivity index (χ2n) is 0.448. The summed E-state index contributed by atoms with van der Waals surface area (Å²) in [6, 6.07) is 0. The van der Waals surface area contributed by atoms with Crippen molar-refractivity contribution in [1.29, 1.82) is 0 Å². The molecular formula is H2N2O3S. The van der Waals surface area contributed by atoms with Gasteiger partial charge >= 0.3 is 0 Å². The minimum atomic E-state index is -2.83. The highest BCUT2D eigenvalue weighted by atomic mass is 32.2. The van der Waals surface area contributed by atoms with Crippen molar-refractivity contribution in [3.8, 4) is 0 Å². The van der Waals surface area contributed by atoms with E-state index in [1.165, 1.54) is 4.83 Å². The van der Waals surface area contributed by atoms with E-state index in [2.05, 4.69) is 0 Å². The van der Waals surface area contributed by atoms with Crippen molar-refractivity contribution in [1.82, 2.24) is 4.83 Å². The molecule has 0 unspecified atom stereocenters. The molecule has 0 atom stereocenters. The number of hydrogen-bond donors (Lipinski definition) is 2. The van der Waals surface area contributed by atoms with Crippen molar-refractivity contribution in [2.75, 3.05) is 0 Å². The van der Waals surface area contributed by atoms with Gasteiger partial charge in [0.1, 0.15) is 0 Å². The van der Waals surface area contributed by atoms with E-state index in [9.17, 15) is 8.42 Å². The van der Waals surface area contributed by atoms with Gasteiger partial charge in [-0.25, -0.2) is 8.42 Å². The molecule has 0 fully saturated rings. The Bertz CT molecular complexity index is 95.4. The smallest absolute Gasteiger partial charge is 0.208 e. The number of nitrogens with one attached hydrogen (secondary N) is 1. The number of nitroso groups, excluding NO2 is 1. The molecule has 0 amide bonds. The molecule has 0 aromatic carbocycles. The van der Waals surface area contributed by atoms with Crippen LogP contribution in [0, 0.1) is 4.91 Å². The SMILES string of the molecule is O=NN[SH](=O)=O. The highest BCUT2D eigenvalue weighted by Gasteiger charge is 1.68. The zero-order valence-corrected chi connectivity index (χ0v) is 3.51. The molecule has 5 nitrogen and oxygen atoms in total. The molecule has 0 rings (SSSR count). The zero-order valence-electron chi connectivity index (χ0n) is 2.62. The third-order valence-corrected chi connectivity index (χ3v) is 0.367. The summed E-state index contributed by atoms with van der Waals surface area (Å²) in [4.78, 5) is 10.1. The Kier molecular flexibility index (Phi) is 2.30. The molecule has 0 aliphatic heterocycles. The lowest BCUT2D eigenvalue weighted by molar-refractivity contribution is 0.604. The minimum absolute atomic E-state index is 1.23. The van der Waals surface area contributed by atoms with E-state index in [1.54, 1.807) is 0 Å². The van der Waals surface area contributed by atoms with Crippen LogP contribution in [0.4, 0.5) is 0 Å². The molecule has 0 spiro atoms. The summed E-state index contributed by atoms with van der Waals surface area (Å²) in [6.07, 6.45) is 0. The maximum atomic E-state index is 9.23. The Balaban J connectivity index is 3.32. The maximum Gasteiger partial charge on any atom is 0.239 e. The quantitative estimate of drug-likeness (QED) is 0.266. The van der Waals surface area contributed by atoms with E-state index in [1.807, 2.05) is 5.29 Å². The third-order valence-electron chi connectivity index (χ3n) is 0.122. The van der Waals surface area contributed by atoms with Crippen LogP contribution >= 0.6 is 0 Å². The number of nitrogens with zero attached hydrogens (tertiary/aromatic N) is 1. The first-order chi connectivity index (χ1) is 2.77. The van der Waals surface area contributed by atoms with Crippen molar-refractivity contribution in [3.05, 3.63) is 4.91 Å². The van der Waals surface area contributed by atoms with Gasteiger partial charge in [-0.2, -0.15) is 4.83 Å². The summed E-state index contributed by atoms with van der Waals surface area (Å²) in [7, 11) is -2.83. The molecule has 0 saturated heterocycles. The van der Waals surface area contributed by atoms with E-state index < -0.39 is 10.9 Å². The molecule has 0 aromatic rings. The molecule has 0 saturated carbocycles. The first kappa shape index (κ1) is 5.35. The van der Waals surface area contributed by atoms with Gasteiger partial charge < -0.3 is 0 Å². The van der Waals surface area contributed by atoms with Gasteiger partial charge in [-0.1, -0.05) is 0 Å². The second-order valence-corrected chi connectivity index (χ2v) is 1.16. The molecular weight excluding hydrogens is 108 g/mol. The Hall–Kier alpha value is -0.650. The molecule has 36 valence electrons. The summed E-state index contributed by atoms with van der Waals surface area (Å²) >= 11 is 0. The van der Waals surface area contributed by atoms with Crippen LogP contribution in [0.15, 0.2) is 5.29 Å². The van der Waals surface area contributed by atoms with E-state index in [-0.39, 0.29) is 0 Å². The molecule has 0 radical (unpaired) electrons. The van der Waals surface area contributed by atoms with Crippen LogP contribution in [-0.2, 0) is 10.9 Å². The topological polar surface area (TPSA) is 75.6 Å². The average Bonchev–Trinajstić information content (AvgIpc) is 1.35. The molecule has 6 heavy (non-hydrogen) atoms. The largest absolute Gasteiger partial charge is 0.239 e. The fraction of sp³-hybridized carbons (Fsp3) is 0. The Morgan fingerprint density at radius 2 is 2.00 bits per heavy atom. The van der Waals surface area contributed by atoms with E-state index in [0.717, 1.165) is 0 Å². The van der Waals surface area contributed by atoms with Crippen LogP contribution in [0.25, 0.3) is 0 Å². The van der Waals surface area contributed by atoms with Gasteiger partial charge in [-0.15, -0.1) is 4.91 Å². The summed E-state index contributed by atoms with van der Waals surface area (Å²) < 4.78 is 18.5. The van der Waals surface area contributed by atoms with Crippen molar-refractivity contribution >= 4 is 10.9 Å². The van der Waals surface area contributed by atoms with Crippen LogP contribution in [-0.4, -0.2) is 8.42 Å². The van der Waals surface area contributed by atoms with Crippen molar-refractivity contribution < 1.29 is 8.42 Å². The highest BCUT2D eigenvalue weighted by molar-refractivity contribution is 7.70. The standard InChI is InChI=1S/H2N2O3S/c3-1-2-6(4)5/h6H,(H,2,3,4,5). The maximum absolute atomic E-state index is 9.23.